The van der Waals surface area contributed by atoms with E-state index in [0.29, 0.717) is 0 Å². The molecule has 0 heterocycles. The Morgan fingerprint density at radius 1 is 0.265 bits per heavy atom. The molecule has 0 radical (unpaired) electrons. The van der Waals surface area contributed by atoms with E-state index < -0.39 is 64.2 Å². The second kappa shape index (κ2) is 76.6. The van der Waals surface area contributed by atoms with E-state index in [1.54, 1.807) is 0 Å². The van der Waals surface area contributed by atoms with Gasteiger partial charge < -0.3 is 98.4 Å². The van der Waals surface area contributed by atoms with Crippen LogP contribution in [0.5, 0.6) is 0 Å². The van der Waals surface area contributed by atoms with E-state index >= 15 is 0 Å². The summed E-state index contributed by atoms with van der Waals surface area (Å²) in [5.41, 5.74) is 0. The molecule has 0 bridgehead atoms. The summed E-state index contributed by atoms with van der Waals surface area (Å²) in [7, 11) is -25.4. The smallest absolute Gasteiger partial charge is 0.672 e. The second-order valence-corrected chi connectivity index (χ2v) is 5.25. The maximum Gasteiger partial charge on any atom is 3.00 e. The number of hydrogen-bond donors (Lipinski definition) is 0. The molecule has 0 saturated carbocycles. The largest absolute Gasteiger partial charge is 3.00 e. The van der Waals surface area contributed by atoms with Gasteiger partial charge in [-0.1, -0.05) is 0 Å². The first-order valence-electron chi connectivity index (χ1n) is 4.29. The first kappa shape index (κ1) is 83.2. The summed E-state index contributed by atoms with van der Waals surface area (Å²) in [4.78, 5) is 119. The molecule has 168 valence electrons. The van der Waals surface area contributed by atoms with Gasteiger partial charge in [0.1, 0.15) is 0 Å². The standard InChI is InChI=1S/2Al.2Ba.2Mg.7O3Si/c;;;;;;7*1-4(2)3/q2*+3;4*+2;7*-2. The minimum absolute atomic E-state index is 0. The molecule has 0 aliphatic rings. The van der Waals surface area contributed by atoms with Crippen molar-refractivity contribution in [3.63, 3.8) is 0 Å². The van der Waals surface area contributed by atoms with E-state index in [-0.39, 0.29) is 179 Å². The van der Waals surface area contributed by atoms with Crippen molar-refractivity contribution >= 4 is 243 Å². The zero-order valence-corrected chi connectivity index (χ0v) is 37.1. The van der Waals surface area contributed by atoms with E-state index in [0.717, 1.165) is 0 Å². The Labute approximate surface area is 334 Å². The summed E-state index contributed by atoms with van der Waals surface area (Å²) in [6.07, 6.45) is 0. The van der Waals surface area contributed by atoms with Crippen LogP contribution in [0, 0.1) is 0 Å². The van der Waals surface area contributed by atoms with Gasteiger partial charge >= 0.3 is 179 Å². The van der Waals surface area contributed by atoms with Crippen molar-refractivity contribution in [2.45, 2.75) is 0 Å². The maximum absolute atomic E-state index is 8.52. The molecule has 34 heavy (non-hydrogen) atoms. The zero-order chi connectivity index (χ0) is 25.0. The summed E-state index contributed by atoms with van der Waals surface area (Å²) >= 11 is 0. The summed E-state index contributed by atoms with van der Waals surface area (Å²) < 4.78 is 59.6. The van der Waals surface area contributed by atoms with Crippen LogP contribution in [-0.4, -0.2) is 243 Å². The van der Waals surface area contributed by atoms with Crippen molar-refractivity contribution in [1.82, 2.24) is 0 Å². The first-order chi connectivity index (χ1) is 12.1. The van der Waals surface area contributed by atoms with E-state index in [2.05, 4.69) is 0 Å². The van der Waals surface area contributed by atoms with Crippen LogP contribution in [0.4, 0.5) is 0 Å². The Hall–Kier alpha value is 3.06. The van der Waals surface area contributed by atoms with Crippen LogP contribution in [0.3, 0.4) is 0 Å². The van der Waals surface area contributed by atoms with Crippen LogP contribution >= 0.6 is 0 Å². The van der Waals surface area contributed by atoms with Gasteiger partial charge in [-0.05, 0) is 0 Å². The van der Waals surface area contributed by atoms with Crippen LogP contribution in [-0.2, 0) is 31.2 Å². The van der Waals surface area contributed by atoms with Crippen LogP contribution in [0.25, 0.3) is 0 Å². The van der Waals surface area contributed by atoms with Crippen molar-refractivity contribution in [3.05, 3.63) is 0 Å². The Balaban J connectivity index is -0.0000000134. The minimum atomic E-state index is -3.63. The van der Waals surface area contributed by atoms with E-state index in [4.69, 9.17) is 98.4 Å². The molecular weight excluding hydrogens is 910 g/mol. The summed E-state index contributed by atoms with van der Waals surface area (Å²) in [5, 5.41) is 0. The SMILES string of the molecule is O=[Si]([O-])[O-].O=[Si]([O-])[O-].O=[Si]([O-])[O-].O=[Si]([O-])[O-].O=[Si]([O-])[O-].O=[Si]([O-])[O-].O=[Si]([O-])[O-].[Al+3].[Al+3].[Ba+2].[Ba+2].[Mg+2].[Mg+2]. The van der Waals surface area contributed by atoms with E-state index in [1.165, 1.54) is 0 Å². The third-order valence-electron chi connectivity index (χ3n) is 0. The predicted molar refractivity (Wildman–Crippen MR) is 79.6 cm³/mol. The van der Waals surface area contributed by atoms with Crippen molar-refractivity contribution < 1.29 is 98.4 Å². The summed E-state index contributed by atoms with van der Waals surface area (Å²) in [6, 6.07) is 0. The minimum Gasteiger partial charge on any atom is -0.672 e. The summed E-state index contributed by atoms with van der Waals surface area (Å²) in [5.74, 6) is 0. The summed E-state index contributed by atoms with van der Waals surface area (Å²) in [6.45, 7) is 0. The van der Waals surface area contributed by atoms with Gasteiger partial charge in [-0.15, -0.1) is 0 Å². The van der Waals surface area contributed by atoms with Gasteiger partial charge in [0.05, 0.1) is 0 Å². The van der Waals surface area contributed by atoms with Crippen molar-refractivity contribution in [2.24, 2.45) is 0 Å². The number of rotatable bonds is 0. The molecule has 0 atom stereocenters. The van der Waals surface area contributed by atoms with Crippen LogP contribution in [0.1, 0.15) is 0 Å². The fourth-order valence-electron chi connectivity index (χ4n) is 0. The molecule has 0 aromatic carbocycles. The molecule has 0 unspecified atom stereocenters. The molecule has 0 amide bonds. The fraction of sp³-hybridized carbons (Fsp3) is 0. The van der Waals surface area contributed by atoms with Crippen LogP contribution in [0.2, 0.25) is 0 Å². The second-order valence-electron chi connectivity index (χ2n) is 1.75. The number of hydrogen-bond acceptors (Lipinski definition) is 21. The molecule has 0 aromatic rings. The van der Waals surface area contributed by atoms with Crippen molar-refractivity contribution in [3.8, 4) is 0 Å². The van der Waals surface area contributed by atoms with Gasteiger partial charge in [0.2, 0.25) is 0 Å². The molecule has 0 aliphatic heterocycles. The predicted octanol–water partition coefficient (Wildman–Crippen LogP) is -22.4. The molecular formula is Al2Ba2Mg2O21Si7. The molecule has 0 aliphatic carbocycles. The Morgan fingerprint density at radius 3 is 0.265 bits per heavy atom. The molecule has 0 saturated heterocycles. The van der Waals surface area contributed by atoms with E-state index in [9.17, 15) is 0 Å². The van der Waals surface area contributed by atoms with E-state index in [1.807, 2.05) is 0 Å². The third kappa shape index (κ3) is 4350. The van der Waals surface area contributed by atoms with Gasteiger partial charge in [-0.25, -0.2) is 0 Å². The maximum atomic E-state index is 8.52. The first-order valence-corrected chi connectivity index (χ1v) is 12.9. The Bertz CT molecular complexity index is 334. The Kier molecular flexibility index (Phi) is 187. The zero-order valence-electron chi connectivity index (χ0n) is 16.1. The van der Waals surface area contributed by atoms with Crippen LogP contribution < -0.4 is 67.1 Å². The van der Waals surface area contributed by atoms with Gasteiger partial charge in [0, 0.05) is 64.2 Å². The van der Waals surface area contributed by atoms with Gasteiger partial charge in [-0.3, -0.25) is 0 Å². The molecule has 0 N–H and O–H groups in total. The molecule has 34 heteroatoms. The van der Waals surface area contributed by atoms with Crippen molar-refractivity contribution in [2.75, 3.05) is 0 Å². The fourth-order valence-corrected chi connectivity index (χ4v) is 0. The normalized spacial score (nSPS) is 4.94. The van der Waals surface area contributed by atoms with Gasteiger partial charge in [0.25, 0.3) is 0 Å². The van der Waals surface area contributed by atoms with Gasteiger partial charge in [0.15, 0.2) is 0 Å². The average molecular weight is 910 g/mol. The average Bonchev–Trinajstić information content (AvgIpc) is 2.20. The Morgan fingerprint density at radius 2 is 0.265 bits per heavy atom. The molecule has 0 aromatic heterocycles. The quantitative estimate of drug-likeness (QED) is 0.204. The topological polar surface area (TPSA) is 442 Å². The molecule has 0 rings (SSSR count). The molecule has 0 fully saturated rings. The van der Waals surface area contributed by atoms with Crippen LogP contribution in [0.15, 0.2) is 0 Å². The van der Waals surface area contributed by atoms with Crippen molar-refractivity contribution in [1.29, 1.82) is 0 Å². The third-order valence-corrected chi connectivity index (χ3v) is 0. The van der Waals surface area contributed by atoms with Gasteiger partial charge in [-0.2, -0.15) is 0 Å². The monoisotopic (exact) mass is 909 g/mol. The molecule has 21 nitrogen and oxygen atoms in total. The molecule has 0 spiro atoms.